The molecule has 0 radical (unpaired) electrons. The second kappa shape index (κ2) is 4.30. The molecule has 1 atom stereocenters. The summed E-state index contributed by atoms with van der Waals surface area (Å²) in [5.74, 6) is 0. The van der Waals surface area contributed by atoms with Gasteiger partial charge in [-0.15, -0.1) is 0 Å². The van der Waals surface area contributed by atoms with Crippen molar-refractivity contribution < 1.29 is 14.6 Å². The molecule has 70 valence electrons. The lowest BCUT2D eigenvalue weighted by molar-refractivity contribution is 0.0469. The number of nitrogens with zero attached hydrogens (tertiary/aromatic N) is 1. The summed E-state index contributed by atoms with van der Waals surface area (Å²) in [5, 5.41) is 9.28. The van der Waals surface area contributed by atoms with Crippen LogP contribution in [0.15, 0.2) is 0 Å². The second-order valence-electron chi connectivity index (χ2n) is 2.98. The minimum Gasteiger partial charge on any atom is -0.449 e. The summed E-state index contributed by atoms with van der Waals surface area (Å²) >= 11 is 0. The molecule has 0 saturated carbocycles. The van der Waals surface area contributed by atoms with Crippen molar-refractivity contribution in [3.63, 3.8) is 0 Å². The van der Waals surface area contributed by atoms with Gasteiger partial charge in [0.15, 0.2) is 0 Å². The number of ether oxygens (including phenoxy) is 1. The zero-order chi connectivity index (χ0) is 8.97. The zero-order valence-electron chi connectivity index (χ0n) is 7.32. The largest absolute Gasteiger partial charge is 0.449 e. The van der Waals surface area contributed by atoms with E-state index in [0.29, 0.717) is 26.1 Å². The van der Waals surface area contributed by atoms with Crippen LogP contribution in [-0.2, 0) is 4.74 Å². The number of carbonyl (C=O) groups excluding carboxylic acids is 1. The molecule has 1 aliphatic rings. The average molecular weight is 173 g/mol. The van der Waals surface area contributed by atoms with E-state index in [1.165, 1.54) is 0 Å². The maximum absolute atomic E-state index is 11.0. The van der Waals surface area contributed by atoms with Crippen LogP contribution < -0.4 is 0 Å². The molecule has 1 heterocycles. The van der Waals surface area contributed by atoms with Gasteiger partial charge in [0.05, 0.1) is 12.7 Å². The van der Waals surface area contributed by atoms with Crippen LogP contribution in [0.1, 0.15) is 19.8 Å². The van der Waals surface area contributed by atoms with Crippen molar-refractivity contribution in [2.45, 2.75) is 25.9 Å². The molecular weight excluding hydrogens is 158 g/mol. The first kappa shape index (κ1) is 9.32. The Kier molecular flexibility index (Phi) is 3.34. The summed E-state index contributed by atoms with van der Waals surface area (Å²) in [5.41, 5.74) is 0. The van der Waals surface area contributed by atoms with E-state index in [1.54, 1.807) is 4.90 Å². The van der Waals surface area contributed by atoms with Crippen molar-refractivity contribution >= 4 is 6.09 Å². The van der Waals surface area contributed by atoms with E-state index in [-0.39, 0.29) is 6.09 Å². The molecular formula is C8H15NO3. The van der Waals surface area contributed by atoms with Crippen LogP contribution in [0.4, 0.5) is 4.79 Å². The van der Waals surface area contributed by atoms with Gasteiger partial charge >= 0.3 is 6.09 Å². The highest BCUT2D eigenvalue weighted by atomic mass is 16.6. The molecule has 0 aliphatic carbocycles. The number of amides is 1. The van der Waals surface area contributed by atoms with Gasteiger partial charge in [-0.2, -0.15) is 0 Å². The fourth-order valence-corrected chi connectivity index (χ4v) is 1.15. The molecule has 1 aliphatic heterocycles. The van der Waals surface area contributed by atoms with E-state index in [2.05, 4.69) is 0 Å². The summed E-state index contributed by atoms with van der Waals surface area (Å²) in [6.45, 7) is 3.50. The normalized spacial score (nSPS) is 20.5. The minimum atomic E-state index is -0.421. The van der Waals surface area contributed by atoms with Gasteiger partial charge in [-0.25, -0.2) is 4.79 Å². The highest BCUT2D eigenvalue weighted by Gasteiger charge is 2.21. The summed E-state index contributed by atoms with van der Waals surface area (Å²) in [7, 11) is 0. The molecule has 1 amide bonds. The highest BCUT2D eigenvalue weighted by molar-refractivity contribution is 5.68. The third-order valence-electron chi connectivity index (χ3n) is 1.96. The number of β-amino-alcohol motifs (C(OH)–C–C–N with tert-alkyl or cyclic N) is 1. The Labute approximate surface area is 72.1 Å². The predicted octanol–water partition coefficient (Wildman–Crippen LogP) is 0.600. The smallest absolute Gasteiger partial charge is 0.409 e. The number of rotatable bonds is 3. The topological polar surface area (TPSA) is 49.8 Å². The molecule has 0 aromatic heterocycles. The van der Waals surface area contributed by atoms with E-state index < -0.39 is 6.10 Å². The average Bonchev–Trinajstić information content (AvgIpc) is 2.09. The van der Waals surface area contributed by atoms with Crippen molar-refractivity contribution in [2.24, 2.45) is 0 Å². The number of cyclic esters (lactones) is 1. The van der Waals surface area contributed by atoms with E-state index in [4.69, 9.17) is 4.74 Å². The highest BCUT2D eigenvalue weighted by Crippen LogP contribution is 2.06. The summed E-state index contributed by atoms with van der Waals surface area (Å²) in [6, 6.07) is 0. The third-order valence-corrected chi connectivity index (χ3v) is 1.96. The molecule has 0 spiro atoms. The molecule has 1 rings (SSSR count). The maximum atomic E-state index is 11.0. The SMILES string of the molecule is CCC(O)CN1CCCOC1=O. The molecule has 1 unspecified atom stereocenters. The third kappa shape index (κ3) is 2.37. The predicted molar refractivity (Wildman–Crippen MR) is 43.8 cm³/mol. The van der Waals surface area contributed by atoms with Gasteiger partial charge in [-0.1, -0.05) is 6.92 Å². The zero-order valence-corrected chi connectivity index (χ0v) is 7.32. The van der Waals surface area contributed by atoms with E-state index in [1.807, 2.05) is 6.92 Å². The van der Waals surface area contributed by atoms with Crippen LogP contribution in [-0.4, -0.2) is 41.9 Å². The number of hydrogen-bond donors (Lipinski definition) is 1. The molecule has 0 aromatic carbocycles. The Bertz CT molecular complexity index is 160. The van der Waals surface area contributed by atoms with Gasteiger partial charge in [0.2, 0.25) is 0 Å². The Morgan fingerprint density at radius 3 is 3.08 bits per heavy atom. The van der Waals surface area contributed by atoms with Crippen molar-refractivity contribution in [1.29, 1.82) is 0 Å². The molecule has 0 aromatic rings. The van der Waals surface area contributed by atoms with Crippen molar-refractivity contribution in [1.82, 2.24) is 4.90 Å². The molecule has 1 saturated heterocycles. The van der Waals surface area contributed by atoms with E-state index in [0.717, 1.165) is 6.42 Å². The van der Waals surface area contributed by atoms with Crippen molar-refractivity contribution in [3.05, 3.63) is 0 Å². The molecule has 4 nitrogen and oxygen atoms in total. The summed E-state index contributed by atoms with van der Waals surface area (Å²) in [6.07, 6.45) is 0.816. The Morgan fingerprint density at radius 1 is 1.75 bits per heavy atom. The van der Waals surface area contributed by atoms with Crippen molar-refractivity contribution in [3.8, 4) is 0 Å². The van der Waals surface area contributed by atoms with Gasteiger partial charge in [0.25, 0.3) is 0 Å². The number of aliphatic hydroxyl groups excluding tert-OH is 1. The van der Waals surface area contributed by atoms with E-state index in [9.17, 15) is 9.90 Å². The Morgan fingerprint density at radius 2 is 2.50 bits per heavy atom. The van der Waals surface area contributed by atoms with Crippen LogP contribution >= 0.6 is 0 Å². The minimum absolute atomic E-state index is 0.297. The Balaban J connectivity index is 2.34. The quantitative estimate of drug-likeness (QED) is 0.680. The monoisotopic (exact) mass is 173 g/mol. The second-order valence-corrected chi connectivity index (χ2v) is 2.98. The lowest BCUT2D eigenvalue weighted by Gasteiger charge is -2.27. The number of carbonyl (C=O) groups is 1. The van der Waals surface area contributed by atoms with Gasteiger partial charge in [-0.05, 0) is 12.8 Å². The lowest BCUT2D eigenvalue weighted by Crippen LogP contribution is -2.42. The Hall–Kier alpha value is -0.770. The van der Waals surface area contributed by atoms with E-state index >= 15 is 0 Å². The lowest BCUT2D eigenvalue weighted by atomic mass is 10.2. The fourth-order valence-electron chi connectivity index (χ4n) is 1.15. The number of aliphatic hydroxyl groups is 1. The van der Waals surface area contributed by atoms with Gasteiger partial charge in [0, 0.05) is 13.1 Å². The standard InChI is InChI=1S/C8H15NO3/c1-2-7(10)6-9-4-3-5-12-8(9)11/h7,10H,2-6H2,1H3. The van der Waals surface area contributed by atoms with Gasteiger partial charge < -0.3 is 14.7 Å². The van der Waals surface area contributed by atoms with Crippen LogP contribution in [0, 0.1) is 0 Å². The molecule has 1 fully saturated rings. The van der Waals surface area contributed by atoms with Crippen LogP contribution in [0.3, 0.4) is 0 Å². The first-order chi connectivity index (χ1) is 5.74. The van der Waals surface area contributed by atoms with Gasteiger partial charge in [-0.3, -0.25) is 0 Å². The molecule has 12 heavy (non-hydrogen) atoms. The molecule has 4 heteroatoms. The van der Waals surface area contributed by atoms with Gasteiger partial charge in [0.1, 0.15) is 0 Å². The summed E-state index contributed by atoms with van der Waals surface area (Å²) in [4.78, 5) is 12.6. The van der Waals surface area contributed by atoms with Crippen LogP contribution in [0.25, 0.3) is 0 Å². The fraction of sp³-hybridized carbons (Fsp3) is 0.875. The maximum Gasteiger partial charge on any atom is 0.409 e. The molecule has 0 bridgehead atoms. The first-order valence-corrected chi connectivity index (χ1v) is 4.33. The molecule has 1 N–H and O–H groups in total. The van der Waals surface area contributed by atoms with Crippen molar-refractivity contribution in [2.75, 3.05) is 19.7 Å². The van der Waals surface area contributed by atoms with Crippen LogP contribution in [0.2, 0.25) is 0 Å². The van der Waals surface area contributed by atoms with Crippen LogP contribution in [0.5, 0.6) is 0 Å². The first-order valence-electron chi connectivity index (χ1n) is 4.33. The number of hydrogen-bond acceptors (Lipinski definition) is 3. The summed E-state index contributed by atoms with van der Waals surface area (Å²) < 4.78 is 4.81.